The number of rotatable bonds is 5. The Balaban J connectivity index is 1.52. The van der Waals surface area contributed by atoms with E-state index in [2.05, 4.69) is 18.8 Å². The first-order chi connectivity index (χ1) is 10.8. The molecule has 0 amide bonds. The molecule has 1 aromatic rings. The van der Waals surface area contributed by atoms with Crippen molar-refractivity contribution in [1.82, 2.24) is 9.29 Å². The molecular formula is C16H25N3O3S. The molecule has 1 saturated carbocycles. The van der Waals surface area contributed by atoms with E-state index in [1.165, 1.54) is 4.31 Å². The lowest BCUT2D eigenvalue weighted by Crippen LogP contribution is -2.43. The van der Waals surface area contributed by atoms with Crippen LogP contribution in [0.4, 0.5) is 0 Å². The molecule has 0 bridgehead atoms. The Morgan fingerprint density at radius 2 is 2.09 bits per heavy atom. The van der Waals surface area contributed by atoms with E-state index in [1.54, 1.807) is 0 Å². The second kappa shape index (κ2) is 6.03. The highest BCUT2D eigenvalue weighted by Crippen LogP contribution is 2.59. The maximum absolute atomic E-state index is 11.4. The van der Waals surface area contributed by atoms with E-state index in [4.69, 9.17) is 9.88 Å². The van der Waals surface area contributed by atoms with Gasteiger partial charge in [-0.25, -0.2) is 10.1 Å². The summed E-state index contributed by atoms with van der Waals surface area (Å²) < 4.78 is 30.0. The summed E-state index contributed by atoms with van der Waals surface area (Å²) in [6.45, 7) is 5.93. The van der Waals surface area contributed by atoms with Crippen molar-refractivity contribution in [3.8, 4) is 5.88 Å². The highest BCUT2D eigenvalue weighted by atomic mass is 32.2. The Kier molecular flexibility index (Phi) is 4.37. The predicted molar refractivity (Wildman–Crippen MR) is 88.3 cm³/mol. The molecule has 1 aliphatic heterocycles. The Labute approximate surface area is 138 Å². The van der Waals surface area contributed by atoms with Crippen molar-refractivity contribution in [2.24, 2.45) is 16.5 Å². The van der Waals surface area contributed by atoms with E-state index in [0.29, 0.717) is 37.4 Å². The van der Waals surface area contributed by atoms with Crippen LogP contribution in [0.25, 0.3) is 0 Å². The number of pyridine rings is 1. The van der Waals surface area contributed by atoms with Crippen molar-refractivity contribution in [3.63, 3.8) is 0 Å². The summed E-state index contributed by atoms with van der Waals surface area (Å²) in [7, 11) is -3.54. The maximum Gasteiger partial charge on any atom is 0.276 e. The summed E-state index contributed by atoms with van der Waals surface area (Å²) in [6, 6.07) is 5.88. The van der Waals surface area contributed by atoms with Gasteiger partial charge in [0.2, 0.25) is 5.88 Å². The van der Waals surface area contributed by atoms with Crippen molar-refractivity contribution < 1.29 is 13.2 Å². The molecule has 0 radical (unpaired) electrons. The van der Waals surface area contributed by atoms with Crippen molar-refractivity contribution in [3.05, 3.63) is 23.9 Å². The molecule has 23 heavy (non-hydrogen) atoms. The van der Waals surface area contributed by atoms with Crippen LogP contribution in [0.2, 0.25) is 0 Å². The van der Waals surface area contributed by atoms with Crippen LogP contribution in [0.1, 0.15) is 44.7 Å². The summed E-state index contributed by atoms with van der Waals surface area (Å²) in [6.07, 6.45) is 2.85. The molecule has 2 aliphatic rings. The highest BCUT2D eigenvalue weighted by molar-refractivity contribution is 7.86. The number of aromatic nitrogens is 1. The predicted octanol–water partition coefficient (Wildman–Crippen LogP) is 1.89. The van der Waals surface area contributed by atoms with Gasteiger partial charge in [-0.1, -0.05) is 19.9 Å². The first-order valence-electron chi connectivity index (χ1n) is 8.18. The maximum atomic E-state index is 11.4. The fourth-order valence-corrected chi connectivity index (χ4v) is 4.18. The fourth-order valence-electron chi connectivity index (χ4n) is 3.48. The number of ether oxygens (including phenoxy) is 1. The van der Waals surface area contributed by atoms with Gasteiger partial charge < -0.3 is 4.74 Å². The summed E-state index contributed by atoms with van der Waals surface area (Å²) in [5, 5.41) is 5.19. The highest BCUT2D eigenvalue weighted by Gasteiger charge is 2.55. The zero-order valence-corrected chi connectivity index (χ0v) is 14.6. The monoisotopic (exact) mass is 339 g/mol. The van der Waals surface area contributed by atoms with Gasteiger partial charge in [0.25, 0.3) is 10.2 Å². The molecule has 1 saturated heterocycles. The number of piperidine rings is 1. The first kappa shape index (κ1) is 16.7. The van der Waals surface area contributed by atoms with Crippen LogP contribution < -0.4 is 9.88 Å². The van der Waals surface area contributed by atoms with E-state index in [1.807, 2.05) is 18.2 Å². The van der Waals surface area contributed by atoms with Crippen LogP contribution in [-0.2, 0) is 10.2 Å². The lowest BCUT2D eigenvalue weighted by Gasteiger charge is -2.30. The molecule has 1 aromatic heterocycles. The minimum atomic E-state index is -3.54. The van der Waals surface area contributed by atoms with E-state index < -0.39 is 10.2 Å². The van der Waals surface area contributed by atoms with Gasteiger partial charge in [-0.2, -0.15) is 12.7 Å². The Hall–Kier alpha value is -1.18. The minimum Gasteiger partial charge on any atom is -0.477 e. The zero-order valence-electron chi connectivity index (χ0n) is 13.7. The number of hydrogen-bond donors (Lipinski definition) is 1. The van der Waals surface area contributed by atoms with Gasteiger partial charge in [0, 0.05) is 24.8 Å². The third kappa shape index (κ3) is 3.67. The summed E-state index contributed by atoms with van der Waals surface area (Å²) in [5.74, 6) is 1.56. The largest absolute Gasteiger partial charge is 0.477 e. The molecule has 2 fully saturated rings. The van der Waals surface area contributed by atoms with Crippen LogP contribution in [0.3, 0.4) is 0 Å². The summed E-state index contributed by atoms with van der Waals surface area (Å²) in [4.78, 5) is 4.52. The van der Waals surface area contributed by atoms with Gasteiger partial charge in [0.15, 0.2) is 0 Å². The summed E-state index contributed by atoms with van der Waals surface area (Å²) in [5.41, 5.74) is 1.28. The molecule has 1 atom stereocenters. The molecule has 0 aromatic carbocycles. The van der Waals surface area contributed by atoms with Crippen LogP contribution >= 0.6 is 0 Å². The number of nitrogens with zero attached hydrogens (tertiary/aromatic N) is 2. The van der Waals surface area contributed by atoms with Crippen LogP contribution in [0.15, 0.2) is 18.2 Å². The molecule has 2 N–H and O–H groups in total. The normalized spacial score (nSPS) is 24.1. The second-order valence-corrected chi connectivity index (χ2v) is 8.62. The van der Waals surface area contributed by atoms with E-state index in [-0.39, 0.29) is 5.41 Å². The van der Waals surface area contributed by atoms with Crippen molar-refractivity contribution in [2.75, 3.05) is 19.7 Å². The average Bonchev–Trinajstić information content (AvgIpc) is 3.17. The molecule has 2 heterocycles. The lowest BCUT2D eigenvalue weighted by atomic mass is 9.92. The van der Waals surface area contributed by atoms with Gasteiger partial charge in [-0.15, -0.1) is 0 Å². The van der Waals surface area contributed by atoms with Gasteiger partial charge >= 0.3 is 0 Å². The van der Waals surface area contributed by atoms with Gasteiger partial charge in [0.05, 0.1) is 6.61 Å². The van der Waals surface area contributed by atoms with Gasteiger partial charge in [-0.3, -0.25) is 0 Å². The zero-order chi connectivity index (χ0) is 16.7. The van der Waals surface area contributed by atoms with Gasteiger partial charge in [-0.05, 0) is 42.6 Å². The van der Waals surface area contributed by atoms with E-state index in [9.17, 15) is 8.42 Å². The molecule has 6 nitrogen and oxygen atoms in total. The molecule has 0 unspecified atom stereocenters. The van der Waals surface area contributed by atoms with Crippen LogP contribution in [0, 0.1) is 11.3 Å². The Bertz CT molecular complexity index is 667. The molecule has 1 spiro atoms. The topological polar surface area (TPSA) is 85.5 Å². The van der Waals surface area contributed by atoms with Gasteiger partial charge in [0.1, 0.15) is 0 Å². The molecule has 3 rings (SSSR count). The molecule has 1 aliphatic carbocycles. The van der Waals surface area contributed by atoms with E-state index in [0.717, 1.165) is 25.0 Å². The van der Waals surface area contributed by atoms with Crippen molar-refractivity contribution >= 4 is 10.2 Å². The number of hydrogen-bond acceptors (Lipinski definition) is 4. The molecule has 128 valence electrons. The lowest BCUT2D eigenvalue weighted by molar-refractivity contribution is 0.205. The third-order valence-electron chi connectivity index (χ3n) is 5.21. The average molecular weight is 339 g/mol. The summed E-state index contributed by atoms with van der Waals surface area (Å²) >= 11 is 0. The molecular weight excluding hydrogens is 314 g/mol. The first-order valence-corrected chi connectivity index (χ1v) is 9.68. The van der Waals surface area contributed by atoms with E-state index >= 15 is 0 Å². The number of nitrogens with two attached hydrogens (primary N) is 1. The smallest absolute Gasteiger partial charge is 0.276 e. The quantitative estimate of drug-likeness (QED) is 0.887. The Morgan fingerprint density at radius 1 is 1.39 bits per heavy atom. The van der Waals surface area contributed by atoms with Crippen LogP contribution in [0.5, 0.6) is 5.88 Å². The Morgan fingerprint density at radius 3 is 2.70 bits per heavy atom. The minimum absolute atomic E-state index is 0.247. The SMILES string of the molecule is CC(C)c1cccc(OC[C@@H]2CC23CCN(S(N)(=O)=O)CC3)n1. The third-order valence-corrected chi connectivity index (χ3v) is 6.29. The van der Waals surface area contributed by atoms with Crippen molar-refractivity contribution in [2.45, 2.75) is 39.0 Å². The van der Waals surface area contributed by atoms with Crippen LogP contribution in [-0.4, -0.2) is 37.4 Å². The molecule has 7 heteroatoms. The second-order valence-electron chi connectivity index (χ2n) is 7.07. The van der Waals surface area contributed by atoms with Crippen molar-refractivity contribution in [1.29, 1.82) is 0 Å². The fraction of sp³-hybridized carbons (Fsp3) is 0.688. The standard InChI is InChI=1S/C16H25N3O3S/c1-12(2)14-4-3-5-15(18-14)22-11-13-10-16(13)6-8-19(9-7-16)23(17,20)21/h3-5,12-13H,6-11H2,1-2H3,(H2,17,20,21)/t13-/m0/s1.